The van der Waals surface area contributed by atoms with Gasteiger partial charge >= 0.3 is 5.97 Å². The maximum Gasteiger partial charge on any atom is 0.305 e. The third-order valence-corrected chi connectivity index (χ3v) is 3.20. The van der Waals surface area contributed by atoms with Gasteiger partial charge in [-0.3, -0.25) is 9.59 Å². The maximum absolute atomic E-state index is 12.0. The summed E-state index contributed by atoms with van der Waals surface area (Å²) in [5.74, 6) is -0.273. The molecule has 0 saturated heterocycles. The lowest BCUT2D eigenvalue weighted by atomic mass is 10.1. The molecular weight excluding hydrogens is 266 g/mol. The molecule has 1 aromatic rings. The van der Waals surface area contributed by atoms with E-state index in [2.05, 4.69) is 4.74 Å². The van der Waals surface area contributed by atoms with Gasteiger partial charge in [0, 0.05) is 25.0 Å². The number of halogens is 1. The third-order valence-electron chi connectivity index (χ3n) is 2.83. The molecule has 4 nitrogen and oxygen atoms in total. The van der Waals surface area contributed by atoms with Crippen molar-refractivity contribution in [1.82, 2.24) is 4.90 Å². The Balaban J connectivity index is 2.41. The lowest BCUT2D eigenvalue weighted by Gasteiger charge is -2.17. The zero-order valence-electron chi connectivity index (χ0n) is 11.2. The molecule has 1 rings (SSSR count). The second kappa shape index (κ2) is 7.79. The number of carbonyl (C=O) groups excluding carboxylic acids is 2. The van der Waals surface area contributed by atoms with Crippen LogP contribution in [0.25, 0.3) is 0 Å². The SMILES string of the molecule is COC(=O)CCCN(C)C(=O)Cc1ccccc1Cl. The molecule has 0 aromatic heterocycles. The summed E-state index contributed by atoms with van der Waals surface area (Å²) >= 11 is 6.01. The monoisotopic (exact) mass is 283 g/mol. The normalized spacial score (nSPS) is 10.1. The zero-order valence-corrected chi connectivity index (χ0v) is 11.9. The maximum atomic E-state index is 12.0. The third kappa shape index (κ3) is 5.30. The number of rotatable bonds is 6. The first kappa shape index (κ1) is 15.5. The average molecular weight is 284 g/mol. The highest BCUT2D eigenvalue weighted by Gasteiger charge is 2.12. The van der Waals surface area contributed by atoms with Crippen LogP contribution in [-0.2, 0) is 20.7 Å². The molecule has 0 aliphatic carbocycles. The first-order valence-corrected chi connectivity index (χ1v) is 6.46. The van der Waals surface area contributed by atoms with Gasteiger partial charge in [-0.2, -0.15) is 0 Å². The van der Waals surface area contributed by atoms with E-state index in [1.165, 1.54) is 7.11 Å². The highest BCUT2D eigenvalue weighted by atomic mass is 35.5. The minimum Gasteiger partial charge on any atom is -0.469 e. The number of benzene rings is 1. The van der Waals surface area contributed by atoms with E-state index < -0.39 is 0 Å². The molecule has 0 aliphatic rings. The van der Waals surface area contributed by atoms with Gasteiger partial charge in [0.05, 0.1) is 13.5 Å². The molecule has 0 radical (unpaired) electrons. The summed E-state index contributed by atoms with van der Waals surface area (Å²) in [5, 5.41) is 0.596. The van der Waals surface area contributed by atoms with Crippen molar-refractivity contribution in [2.45, 2.75) is 19.3 Å². The van der Waals surface area contributed by atoms with Crippen molar-refractivity contribution in [2.75, 3.05) is 20.7 Å². The van der Waals surface area contributed by atoms with Crippen LogP contribution in [0.1, 0.15) is 18.4 Å². The van der Waals surface area contributed by atoms with Crippen LogP contribution in [0.4, 0.5) is 0 Å². The minimum absolute atomic E-state index is 0.0158. The molecule has 5 heteroatoms. The standard InChI is InChI=1S/C14H18ClNO3/c1-16(9-5-8-14(18)19-2)13(17)10-11-6-3-4-7-12(11)15/h3-4,6-7H,5,8-10H2,1-2H3. The minimum atomic E-state index is -0.257. The van der Waals surface area contributed by atoms with Crippen LogP contribution in [-0.4, -0.2) is 37.5 Å². The van der Waals surface area contributed by atoms with Gasteiger partial charge in [0.25, 0.3) is 0 Å². The van der Waals surface area contributed by atoms with E-state index in [4.69, 9.17) is 11.6 Å². The number of hydrogen-bond donors (Lipinski definition) is 0. The molecule has 0 atom stereocenters. The van der Waals surface area contributed by atoms with Crippen molar-refractivity contribution in [1.29, 1.82) is 0 Å². The summed E-state index contributed by atoms with van der Waals surface area (Å²) in [5.41, 5.74) is 0.814. The van der Waals surface area contributed by atoms with Crippen LogP contribution in [0, 0.1) is 0 Å². The summed E-state index contributed by atoms with van der Waals surface area (Å²) in [6.45, 7) is 0.526. The Kier molecular flexibility index (Phi) is 6.36. The second-order valence-corrected chi connectivity index (χ2v) is 4.67. The summed E-state index contributed by atoms with van der Waals surface area (Å²) in [7, 11) is 3.07. The lowest BCUT2D eigenvalue weighted by molar-refractivity contribution is -0.141. The number of nitrogens with zero attached hydrogens (tertiary/aromatic N) is 1. The van der Waals surface area contributed by atoms with Gasteiger partial charge in [0.2, 0.25) is 5.91 Å². The average Bonchev–Trinajstić information content (AvgIpc) is 2.40. The van der Waals surface area contributed by atoms with Gasteiger partial charge in [-0.05, 0) is 18.1 Å². The molecule has 1 amide bonds. The van der Waals surface area contributed by atoms with Gasteiger partial charge in [-0.15, -0.1) is 0 Å². The van der Waals surface area contributed by atoms with Gasteiger partial charge in [-0.25, -0.2) is 0 Å². The van der Waals surface area contributed by atoms with Crippen LogP contribution >= 0.6 is 11.6 Å². The summed E-state index contributed by atoms with van der Waals surface area (Å²) in [6, 6.07) is 7.28. The fourth-order valence-corrected chi connectivity index (χ4v) is 1.83. The number of amides is 1. The predicted octanol–water partition coefficient (Wildman–Crippen LogP) is 2.29. The molecule has 0 fully saturated rings. The van der Waals surface area contributed by atoms with Crippen LogP contribution in [0.3, 0.4) is 0 Å². The van der Waals surface area contributed by atoms with E-state index in [-0.39, 0.29) is 18.3 Å². The van der Waals surface area contributed by atoms with Crippen molar-refractivity contribution >= 4 is 23.5 Å². The molecule has 104 valence electrons. The van der Waals surface area contributed by atoms with E-state index in [1.54, 1.807) is 18.0 Å². The van der Waals surface area contributed by atoms with E-state index in [9.17, 15) is 9.59 Å². The highest BCUT2D eigenvalue weighted by Crippen LogP contribution is 2.16. The van der Waals surface area contributed by atoms with Crippen molar-refractivity contribution in [3.05, 3.63) is 34.9 Å². The van der Waals surface area contributed by atoms with Crippen molar-refractivity contribution < 1.29 is 14.3 Å². The highest BCUT2D eigenvalue weighted by molar-refractivity contribution is 6.31. The quantitative estimate of drug-likeness (QED) is 0.753. The van der Waals surface area contributed by atoms with Gasteiger partial charge in [0.1, 0.15) is 0 Å². The first-order chi connectivity index (χ1) is 9.04. The van der Waals surface area contributed by atoms with E-state index in [1.807, 2.05) is 18.2 Å². The molecule has 0 heterocycles. The number of likely N-dealkylation sites (N-methyl/N-ethyl adjacent to an activating group) is 1. The Bertz CT molecular complexity index is 448. The molecule has 19 heavy (non-hydrogen) atoms. The number of ether oxygens (including phenoxy) is 1. The lowest BCUT2D eigenvalue weighted by Crippen LogP contribution is -2.29. The van der Waals surface area contributed by atoms with Crippen LogP contribution in [0.5, 0.6) is 0 Å². The molecule has 0 aliphatic heterocycles. The summed E-state index contributed by atoms with van der Waals surface area (Å²) in [6.07, 6.45) is 1.19. The van der Waals surface area contributed by atoms with Gasteiger partial charge in [0.15, 0.2) is 0 Å². The topological polar surface area (TPSA) is 46.6 Å². The number of methoxy groups -OCH3 is 1. The Morgan fingerprint density at radius 1 is 1.32 bits per heavy atom. The van der Waals surface area contributed by atoms with Crippen LogP contribution in [0.2, 0.25) is 5.02 Å². The molecule has 0 saturated carbocycles. The second-order valence-electron chi connectivity index (χ2n) is 4.26. The number of esters is 1. The Hall–Kier alpha value is -1.55. The molecule has 1 aromatic carbocycles. The van der Waals surface area contributed by atoms with Crippen molar-refractivity contribution in [2.24, 2.45) is 0 Å². The Morgan fingerprint density at radius 3 is 2.63 bits per heavy atom. The molecule has 0 bridgehead atoms. The fourth-order valence-electron chi connectivity index (χ4n) is 1.63. The number of carbonyl (C=O) groups is 2. The number of hydrogen-bond acceptors (Lipinski definition) is 3. The smallest absolute Gasteiger partial charge is 0.305 e. The van der Waals surface area contributed by atoms with Crippen molar-refractivity contribution in [3.63, 3.8) is 0 Å². The van der Waals surface area contributed by atoms with Gasteiger partial charge < -0.3 is 9.64 Å². The van der Waals surface area contributed by atoms with Crippen LogP contribution < -0.4 is 0 Å². The largest absolute Gasteiger partial charge is 0.469 e. The fraction of sp³-hybridized carbons (Fsp3) is 0.429. The van der Waals surface area contributed by atoms with E-state index in [0.717, 1.165) is 5.56 Å². The van der Waals surface area contributed by atoms with Crippen molar-refractivity contribution in [3.8, 4) is 0 Å². The molecular formula is C14H18ClNO3. The molecule has 0 unspecified atom stereocenters. The van der Waals surface area contributed by atoms with E-state index >= 15 is 0 Å². The Morgan fingerprint density at radius 2 is 2.00 bits per heavy atom. The van der Waals surface area contributed by atoms with Gasteiger partial charge in [-0.1, -0.05) is 29.8 Å². The first-order valence-electron chi connectivity index (χ1n) is 6.08. The summed E-state index contributed by atoms with van der Waals surface area (Å²) in [4.78, 5) is 24.5. The van der Waals surface area contributed by atoms with E-state index in [0.29, 0.717) is 24.4 Å². The summed E-state index contributed by atoms with van der Waals surface area (Å²) < 4.78 is 4.54. The zero-order chi connectivity index (χ0) is 14.3. The molecule has 0 spiro atoms. The Labute approximate surface area is 118 Å². The predicted molar refractivity (Wildman–Crippen MR) is 74.0 cm³/mol. The molecule has 0 N–H and O–H groups in total. The van der Waals surface area contributed by atoms with Crippen LogP contribution in [0.15, 0.2) is 24.3 Å².